The molecule has 3 heteroatoms. The molecule has 13 heavy (non-hydrogen) atoms. The van der Waals surface area contributed by atoms with Gasteiger partial charge in [-0.05, 0) is 26.7 Å². The van der Waals surface area contributed by atoms with E-state index in [2.05, 4.69) is 5.32 Å². The molecule has 3 nitrogen and oxygen atoms in total. The van der Waals surface area contributed by atoms with E-state index in [0.717, 1.165) is 13.1 Å². The maximum absolute atomic E-state index is 11.6. The van der Waals surface area contributed by atoms with Crippen LogP contribution in [0.3, 0.4) is 0 Å². The summed E-state index contributed by atoms with van der Waals surface area (Å²) >= 11 is 0. The van der Waals surface area contributed by atoms with Crippen molar-refractivity contribution < 1.29 is 4.79 Å². The number of rotatable bonds is 3. The molecular formula is C10H20N2O. The van der Waals surface area contributed by atoms with Crippen LogP contribution in [0.25, 0.3) is 0 Å². The third-order valence-electron chi connectivity index (χ3n) is 2.70. The normalized spacial score (nSPS) is 17.4. The highest BCUT2D eigenvalue weighted by Gasteiger charge is 2.24. The fraction of sp³-hybridized carbons (Fsp3) is 0.900. The summed E-state index contributed by atoms with van der Waals surface area (Å²) in [6.45, 7) is 5.56. The fourth-order valence-electron chi connectivity index (χ4n) is 2.04. The fourth-order valence-corrected chi connectivity index (χ4v) is 2.04. The van der Waals surface area contributed by atoms with E-state index in [1.165, 1.54) is 25.7 Å². The number of carbonyl (C=O) groups is 1. The minimum absolute atomic E-state index is 0.108. The summed E-state index contributed by atoms with van der Waals surface area (Å²) in [7, 11) is 0. The summed E-state index contributed by atoms with van der Waals surface area (Å²) < 4.78 is 0. The summed E-state index contributed by atoms with van der Waals surface area (Å²) in [5, 5.41) is 2.86. The molecule has 1 fully saturated rings. The molecule has 0 unspecified atom stereocenters. The van der Waals surface area contributed by atoms with Gasteiger partial charge >= 0.3 is 6.03 Å². The second kappa shape index (κ2) is 5.10. The Hall–Kier alpha value is -0.730. The summed E-state index contributed by atoms with van der Waals surface area (Å²) in [5.74, 6) is 0. The molecule has 0 aromatic rings. The number of hydrogen-bond donors (Lipinski definition) is 1. The Morgan fingerprint density at radius 1 is 1.38 bits per heavy atom. The molecule has 1 N–H and O–H groups in total. The van der Waals surface area contributed by atoms with Crippen molar-refractivity contribution in [3.05, 3.63) is 0 Å². The van der Waals surface area contributed by atoms with Crippen LogP contribution >= 0.6 is 0 Å². The largest absolute Gasteiger partial charge is 0.338 e. The molecule has 0 spiro atoms. The van der Waals surface area contributed by atoms with E-state index in [1.54, 1.807) is 0 Å². The molecule has 0 saturated heterocycles. The van der Waals surface area contributed by atoms with Gasteiger partial charge in [0.15, 0.2) is 0 Å². The van der Waals surface area contributed by atoms with E-state index in [0.29, 0.717) is 6.04 Å². The third-order valence-corrected chi connectivity index (χ3v) is 2.70. The minimum atomic E-state index is 0.108. The van der Waals surface area contributed by atoms with Gasteiger partial charge in [0.05, 0.1) is 0 Å². The molecule has 1 saturated carbocycles. The van der Waals surface area contributed by atoms with Gasteiger partial charge in [-0.2, -0.15) is 0 Å². The lowest BCUT2D eigenvalue weighted by molar-refractivity contribution is 0.179. The molecule has 0 atom stereocenters. The van der Waals surface area contributed by atoms with Crippen molar-refractivity contribution >= 4 is 6.03 Å². The van der Waals surface area contributed by atoms with Gasteiger partial charge in [0.2, 0.25) is 0 Å². The molecule has 0 radical (unpaired) electrons. The van der Waals surface area contributed by atoms with Crippen LogP contribution in [0, 0.1) is 0 Å². The Kier molecular flexibility index (Phi) is 4.06. The lowest BCUT2D eigenvalue weighted by Crippen LogP contribution is -2.44. The second-order valence-electron chi connectivity index (χ2n) is 3.56. The predicted octanol–water partition coefficient (Wildman–Crippen LogP) is 1.98. The van der Waals surface area contributed by atoms with Crippen molar-refractivity contribution in [1.82, 2.24) is 10.2 Å². The first-order chi connectivity index (χ1) is 6.29. The summed E-state index contributed by atoms with van der Waals surface area (Å²) in [5.41, 5.74) is 0. The molecule has 1 rings (SSSR count). The topological polar surface area (TPSA) is 32.3 Å². The van der Waals surface area contributed by atoms with Crippen LogP contribution in [0.2, 0.25) is 0 Å². The highest BCUT2D eigenvalue weighted by molar-refractivity contribution is 5.74. The van der Waals surface area contributed by atoms with E-state index in [4.69, 9.17) is 0 Å². The zero-order chi connectivity index (χ0) is 9.68. The molecule has 0 aliphatic heterocycles. The Labute approximate surface area is 80.5 Å². The van der Waals surface area contributed by atoms with Crippen LogP contribution in [0.4, 0.5) is 4.79 Å². The first-order valence-corrected chi connectivity index (χ1v) is 5.34. The SMILES string of the molecule is CCNC(=O)N(CC)C1CCCC1. The van der Waals surface area contributed by atoms with Gasteiger partial charge in [-0.1, -0.05) is 12.8 Å². The van der Waals surface area contributed by atoms with Crippen LogP contribution in [0.15, 0.2) is 0 Å². The molecule has 0 heterocycles. The maximum atomic E-state index is 11.6. The molecule has 0 aromatic carbocycles. The van der Waals surface area contributed by atoms with Crippen molar-refractivity contribution in [2.45, 2.75) is 45.6 Å². The van der Waals surface area contributed by atoms with Crippen LogP contribution in [-0.2, 0) is 0 Å². The van der Waals surface area contributed by atoms with Crippen molar-refractivity contribution in [3.8, 4) is 0 Å². The Balaban J connectivity index is 2.44. The summed E-state index contributed by atoms with van der Waals surface area (Å²) in [6, 6.07) is 0.605. The minimum Gasteiger partial charge on any atom is -0.338 e. The zero-order valence-electron chi connectivity index (χ0n) is 8.68. The first-order valence-electron chi connectivity index (χ1n) is 5.34. The van der Waals surface area contributed by atoms with Gasteiger partial charge in [0.1, 0.15) is 0 Å². The molecular weight excluding hydrogens is 164 g/mol. The predicted molar refractivity (Wildman–Crippen MR) is 53.7 cm³/mol. The van der Waals surface area contributed by atoms with Crippen LogP contribution in [-0.4, -0.2) is 30.1 Å². The van der Waals surface area contributed by atoms with Crippen LogP contribution < -0.4 is 5.32 Å². The van der Waals surface area contributed by atoms with Crippen LogP contribution in [0.5, 0.6) is 0 Å². The molecule has 2 amide bonds. The van der Waals surface area contributed by atoms with E-state index in [9.17, 15) is 4.79 Å². The van der Waals surface area contributed by atoms with Crippen molar-refractivity contribution in [2.24, 2.45) is 0 Å². The zero-order valence-corrected chi connectivity index (χ0v) is 8.68. The summed E-state index contributed by atoms with van der Waals surface area (Å²) in [6.07, 6.45) is 4.93. The monoisotopic (exact) mass is 184 g/mol. The van der Waals surface area contributed by atoms with Gasteiger partial charge in [-0.15, -0.1) is 0 Å². The Bertz CT molecular complexity index is 164. The number of carbonyl (C=O) groups excluding carboxylic acids is 1. The molecule has 0 aromatic heterocycles. The Morgan fingerprint density at radius 2 is 2.00 bits per heavy atom. The smallest absolute Gasteiger partial charge is 0.317 e. The average Bonchev–Trinajstić information content (AvgIpc) is 2.59. The van der Waals surface area contributed by atoms with Crippen molar-refractivity contribution in [3.63, 3.8) is 0 Å². The third kappa shape index (κ3) is 2.61. The van der Waals surface area contributed by atoms with Gasteiger partial charge < -0.3 is 10.2 Å². The van der Waals surface area contributed by atoms with Crippen molar-refractivity contribution in [1.29, 1.82) is 0 Å². The number of nitrogens with zero attached hydrogens (tertiary/aromatic N) is 1. The Morgan fingerprint density at radius 3 is 2.46 bits per heavy atom. The number of amides is 2. The lowest BCUT2D eigenvalue weighted by Gasteiger charge is -2.27. The van der Waals surface area contributed by atoms with Gasteiger partial charge in [0.25, 0.3) is 0 Å². The van der Waals surface area contributed by atoms with Crippen molar-refractivity contribution in [2.75, 3.05) is 13.1 Å². The molecule has 76 valence electrons. The standard InChI is InChI=1S/C10H20N2O/c1-3-11-10(13)12(4-2)9-7-5-6-8-9/h9H,3-8H2,1-2H3,(H,11,13). The van der Waals surface area contributed by atoms with Gasteiger partial charge in [-0.3, -0.25) is 0 Å². The molecule has 1 aliphatic carbocycles. The highest BCUT2D eigenvalue weighted by atomic mass is 16.2. The number of urea groups is 1. The second-order valence-corrected chi connectivity index (χ2v) is 3.56. The first kappa shape index (κ1) is 10.4. The van der Waals surface area contributed by atoms with Gasteiger partial charge in [0, 0.05) is 19.1 Å². The average molecular weight is 184 g/mol. The van der Waals surface area contributed by atoms with Crippen LogP contribution in [0.1, 0.15) is 39.5 Å². The van der Waals surface area contributed by atoms with Gasteiger partial charge in [-0.25, -0.2) is 4.79 Å². The highest BCUT2D eigenvalue weighted by Crippen LogP contribution is 2.23. The lowest BCUT2D eigenvalue weighted by atomic mass is 10.2. The maximum Gasteiger partial charge on any atom is 0.317 e. The summed E-state index contributed by atoms with van der Waals surface area (Å²) in [4.78, 5) is 13.5. The number of nitrogens with one attached hydrogen (secondary N) is 1. The van der Waals surface area contributed by atoms with E-state index >= 15 is 0 Å². The van der Waals surface area contributed by atoms with E-state index in [1.807, 2.05) is 18.7 Å². The molecule has 1 aliphatic rings. The van der Waals surface area contributed by atoms with E-state index < -0.39 is 0 Å². The van der Waals surface area contributed by atoms with E-state index in [-0.39, 0.29) is 6.03 Å². The quantitative estimate of drug-likeness (QED) is 0.714. The molecule has 0 bridgehead atoms. The number of hydrogen-bond acceptors (Lipinski definition) is 1.